The molecule has 264 valence electrons. The first-order valence-corrected chi connectivity index (χ1v) is 28.1. The van der Waals surface area contributed by atoms with Crippen molar-refractivity contribution >= 4 is 173 Å². The summed E-state index contributed by atoms with van der Waals surface area (Å²) in [5, 5.41) is 27.5. The summed E-state index contributed by atoms with van der Waals surface area (Å²) in [5.41, 5.74) is 2.99. The average Bonchev–Trinajstić information content (AvgIpc) is 3.03. The Morgan fingerprint density at radius 3 is 1.76 bits per heavy atom. The van der Waals surface area contributed by atoms with Crippen LogP contribution in [0, 0.1) is 0 Å². The average molecular weight is 875 g/mol. The highest BCUT2D eigenvalue weighted by molar-refractivity contribution is 8.30. The Kier molecular flexibility index (Phi) is 41.2. The molecule has 23 heteroatoms. The molecular formula is C22H42N4O6S13. The Morgan fingerprint density at radius 1 is 0.578 bits per heavy atom. The standard InChI is InChI=1S/C22H42N4O6S13/c27-1-3-33-5-6-42-21(29)25-11-37-16-36-10-24-14-45(32)20-41-18-39-17-40-19-43-22(30)26-12-38-15-35-9-23-13-44(31)8-7-34-4-2-28/h13-14,27-28H,1-12,15-20H2,(H,25,29)(H,26,30). The third-order valence-electron chi connectivity index (χ3n) is 3.85. The SMILES string of the molecule is O=C(NCSCSCN=CS(=O)CSCSCSCSC(=O)NCSCSCN=CS(=O)CCSCCO)SCCSCCO. The quantitative estimate of drug-likeness (QED) is 0.0287. The highest BCUT2D eigenvalue weighted by atomic mass is 32.3. The minimum atomic E-state index is -1.10. The van der Waals surface area contributed by atoms with Gasteiger partial charge in [0, 0.05) is 59.9 Å². The van der Waals surface area contributed by atoms with Crippen LogP contribution >= 0.6 is 129 Å². The second kappa shape index (κ2) is 39.1. The van der Waals surface area contributed by atoms with E-state index in [9.17, 15) is 18.0 Å². The van der Waals surface area contributed by atoms with Crippen molar-refractivity contribution in [2.24, 2.45) is 9.98 Å². The summed E-state index contributed by atoms with van der Waals surface area (Å²) in [6.45, 7) is 0.309. The van der Waals surface area contributed by atoms with Crippen molar-refractivity contribution in [2.75, 3.05) is 102 Å². The van der Waals surface area contributed by atoms with Gasteiger partial charge in [-0.1, -0.05) is 23.5 Å². The molecule has 0 saturated heterocycles. The van der Waals surface area contributed by atoms with E-state index in [1.807, 2.05) is 0 Å². The molecule has 0 bridgehead atoms. The number of rotatable bonds is 32. The van der Waals surface area contributed by atoms with Gasteiger partial charge in [-0.15, -0.1) is 82.3 Å². The van der Waals surface area contributed by atoms with Crippen LogP contribution < -0.4 is 10.6 Å². The molecule has 0 aromatic rings. The summed E-state index contributed by atoms with van der Waals surface area (Å²) in [6.07, 6.45) is 0. The molecule has 2 amide bonds. The van der Waals surface area contributed by atoms with Crippen LogP contribution in [0.3, 0.4) is 0 Å². The lowest BCUT2D eigenvalue weighted by molar-refractivity contribution is 0.261. The van der Waals surface area contributed by atoms with E-state index >= 15 is 0 Å². The Bertz CT molecular complexity index is 836. The molecule has 2 unspecified atom stereocenters. The van der Waals surface area contributed by atoms with E-state index in [-0.39, 0.29) is 23.7 Å². The van der Waals surface area contributed by atoms with Crippen molar-refractivity contribution in [3.05, 3.63) is 0 Å². The normalized spacial score (nSPS) is 13.0. The smallest absolute Gasteiger partial charge is 0.280 e. The lowest BCUT2D eigenvalue weighted by atomic mass is 10.9. The number of amides is 2. The molecule has 4 N–H and O–H groups in total. The summed E-state index contributed by atoms with van der Waals surface area (Å²) in [7, 11) is -2.16. The van der Waals surface area contributed by atoms with Crippen molar-refractivity contribution in [3.63, 3.8) is 0 Å². The van der Waals surface area contributed by atoms with Gasteiger partial charge in [-0.2, -0.15) is 23.5 Å². The molecule has 45 heavy (non-hydrogen) atoms. The highest BCUT2D eigenvalue weighted by Crippen LogP contribution is 2.22. The van der Waals surface area contributed by atoms with Crippen molar-refractivity contribution in [1.82, 2.24) is 10.6 Å². The molecule has 0 aliphatic rings. The number of hydrogen-bond donors (Lipinski definition) is 4. The highest BCUT2D eigenvalue weighted by Gasteiger charge is 2.03. The topological polar surface area (TPSA) is 158 Å². The zero-order chi connectivity index (χ0) is 33.1. The molecule has 0 aromatic carbocycles. The monoisotopic (exact) mass is 874 g/mol. The largest absolute Gasteiger partial charge is 0.396 e. The zero-order valence-electron chi connectivity index (χ0n) is 24.6. The van der Waals surface area contributed by atoms with E-state index in [2.05, 4.69) is 20.6 Å². The summed E-state index contributed by atoms with van der Waals surface area (Å²) in [4.78, 5) is 32.0. The van der Waals surface area contributed by atoms with Gasteiger partial charge in [0.1, 0.15) is 0 Å². The van der Waals surface area contributed by atoms with Gasteiger partial charge in [-0.05, 0) is 0 Å². The van der Waals surface area contributed by atoms with Gasteiger partial charge >= 0.3 is 0 Å². The maximum absolute atomic E-state index is 12.0. The van der Waals surface area contributed by atoms with Gasteiger partial charge in [0.2, 0.25) is 0 Å². The summed E-state index contributed by atoms with van der Waals surface area (Å²) >= 11 is 17.2. The van der Waals surface area contributed by atoms with E-state index in [4.69, 9.17) is 10.2 Å². The molecule has 0 aromatic heterocycles. The molecule has 0 saturated carbocycles. The van der Waals surface area contributed by atoms with Crippen LogP contribution in [-0.4, -0.2) is 142 Å². The molecule has 0 radical (unpaired) electrons. The lowest BCUT2D eigenvalue weighted by Gasteiger charge is -2.04. The van der Waals surface area contributed by atoms with Crippen molar-refractivity contribution in [2.45, 2.75) is 0 Å². The minimum Gasteiger partial charge on any atom is -0.396 e. The Hall–Kier alpha value is 2.35. The molecule has 0 rings (SSSR count). The summed E-state index contributed by atoms with van der Waals surface area (Å²) < 4.78 is 23.7. The van der Waals surface area contributed by atoms with Crippen LogP contribution in [0.2, 0.25) is 0 Å². The van der Waals surface area contributed by atoms with Crippen molar-refractivity contribution < 1.29 is 28.2 Å². The van der Waals surface area contributed by atoms with Gasteiger partial charge in [-0.3, -0.25) is 28.0 Å². The fraction of sp³-hybridized carbons (Fsp3) is 0.818. The van der Waals surface area contributed by atoms with E-state index in [0.717, 1.165) is 37.6 Å². The van der Waals surface area contributed by atoms with Crippen molar-refractivity contribution in [1.29, 1.82) is 0 Å². The predicted octanol–water partition coefficient (Wildman–Crippen LogP) is 5.58. The zero-order valence-corrected chi connectivity index (χ0v) is 35.2. The molecule has 0 aliphatic heterocycles. The van der Waals surface area contributed by atoms with Crippen LogP contribution in [0.4, 0.5) is 9.59 Å². The number of aliphatic hydroxyl groups excluding tert-OH is 2. The van der Waals surface area contributed by atoms with Gasteiger partial charge in [0.15, 0.2) is 0 Å². The Labute approximate surface area is 319 Å². The van der Waals surface area contributed by atoms with E-state index in [1.54, 1.807) is 106 Å². The van der Waals surface area contributed by atoms with Crippen LogP contribution in [-0.2, 0) is 21.6 Å². The number of hydrogen-bond acceptors (Lipinski definition) is 19. The van der Waals surface area contributed by atoms with Crippen molar-refractivity contribution in [3.8, 4) is 0 Å². The Morgan fingerprint density at radius 2 is 1.11 bits per heavy atom. The summed E-state index contributed by atoms with van der Waals surface area (Å²) in [5.74, 6) is 6.41. The Balaban J connectivity index is 3.45. The van der Waals surface area contributed by atoms with Gasteiger partial charge in [0.25, 0.3) is 10.5 Å². The lowest BCUT2D eigenvalue weighted by Crippen LogP contribution is -2.18. The van der Waals surface area contributed by atoms with Gasteiger partial charge in [0.05, 0.1) is 74.5 Å². The molecule has 0 aliphatic carbocycles. The molecular weight excluding hydrogens is 833 g/mol. The van der Waals surface area contributed by atoms with Gasteiger partial charge in [-0.25, -0.2) is 0 Å². The van der Waals surface area contributed by atoms with E-state index in [1.165, 1.54) is 34.6 Å². The number of carbonyl (C=O) groups is 2. The van der Waals surface area contributed by atoms with E-state index in [0.29, 0.717) is 50.9 Å². The minimum absolute atomic E-state index is 0.0311. The second-order valence-corrected chi connectivity index (χ2v) is 23.5. The van der Waals surface area contributed by atoms with Crippen LogP contribution in [0.5, 0.6) is 0 Å². The fourth-order valence-corrected chi connectivity index (χ4v) is 14.5. The number of nitrogens with one attached hydrogen (secondary N) is 2. The number of aliphatic hydroxyl groups is 2. The van der Waals surface area contributed by atoms with Gasteiger partial charge < -0.3 is 20.8 Å². The molecule has 10 nitrogen and oxygen atoms in total. The first-order valence-electron chi connectivity index (χ1n) is 13.0. The maximum atomic E-state index is 12.0. The predicted molar refractivity (Wildman–Crippen MR) is 226 cm³/mol. The number of thioether (sulfide) groups is 11. The number of aliphatic imine (C=N–C) groups is 2. The first kappa shape index (κ1) is 47.4. The van der Waals surface area contributed by atoms with Crippen LogP contribution in [0.15, 0.2) is 9.98 Å². The number of nitrogens with zero attached hydrogens (tertiary/aromatic N) is 2. The first-order chi connectivity index (χ1) is 22.0. The molecule has 0 fully saturated rings. The maximum Gasteiger partial charge on any atom is 0.280 e. The van der Waals surface area contributed by atoms with E-state index < -0.39 is 21.6 Å². The van der Waals surface area contributed by atoms with Crippen LogP contribution in [0.1, 0.15) is 0 Å². The number of carbonyl (C=O) groups excluding carboxylic acids is 2. The molecule has 0 spiro atoms. The second-order valence-electron chi connectivity index (χ2n) is 7.32. The fourth-order valence-electron chi connectivity index (χ4n) is 2.08. The third-order valence-corrected chi connectivity index (χ3v) is 18.3. The third kappa shape index (κ3) is 39.0. The molecule has 0 heterocycles. The molecule has 2 atom stereocenters. The van der Waals surface area contributed by atoms with Crippen LogP contribution in [0.25, 0.3) is 0 Å². The summed E-state index contributed by atoms with van der Waals surface area (Å²) in [6, 6.07) is 0.